The number of halogens is 2. The molecule has 90 valence electrons. The first-order valence-corrected chi connectivity index (χ1v) is 5.41. The van der Waals surface area contributed by atoms with E-state index >= 15 is 0 Å². The lowest BCUT2D eigenvalue weighted by Gasteiger charge is -2.19. The maximum Gasteiger partial charge on any atom is 0.295 e. The lowest BCUT2D eigenvalue weighted by atomic mass is 9.97. The van der Waals surface area contributed by atoms with Crippen LogP contribution in [0.2, 0.25) is 0 Å². The summed E-state index contributed by atoms with van der Waals surface area (Å²) in [5, 5.41) is 0. The van der Waals surface area contributed by atoms with Gasteiger partial charge in [0, 0.05) is 31.2 Å². The molecule has 0 unspecified atom stereocenters. The summed E-state index contributed by atoms with van der Waals surface area (Å²) in [4.78, 5) is 0. The molecule has 0 aliphatic carbocycles. The molecule has 3 nitrogen and oxygen atoms in total. The Labute approximate surface area is 92.6 Å². The third kappa shape index (κ3) is 2.25. The Kier molecular flexibility index (Phi) is 3.56. The Balaban J connectivity index is 2.20. The van der Waals surface area contributed by atoms with Crippen LogP contribution in [0.1, 0.15) is 42.3 Å². The fourth-order valence-corrected chi connectivity index (χ4v) is 1.99. The standard InChI is InChI=1S/C11H15F2NO2/c12-11(13)10-8(6-14)5-9(16-10)7-1-3-15-4-2-7/h5,7,11H,1-4,6,14H2. The van der Waals surface area contributed by atoms with Gasteiger partial charge in [0.25, 0.3) is 6.43 Å². The molecule has 1 aromatic rings. The molecule has 0 amide bonds. The number of nitrogens with two attached hydrogens (primary N) is 1. The summed E-state index contributed by atoms with van der Waals surface area (Å²) in [7, 11) is 0. The topological polar surface area (TPSA) is 48.4 Å². The molecule has 0 aromatic carbocycles. The second-order valence-corrected chi connectivity index (χ2v) is 3.93. The van der Waals surface area contributed by atoms with E-state index in [9.17, 15) is 8.78 Å². The molecule has 2 rings (SSSR count). The normalized spacial score (nSPS) is 18.2. The highest BCUT2D eigenvalue weighted by Crippen LogP contribution is 2.33. The molecular weight excluding hydrogens is 216 g/mol. The van der Waals surface area contributed by atoms with Crippen molar-refractivity contribution in [3.05, 3.63) is 23.2 Å². The van der Waals surface area contributed by atoms with E-state index in [0.717, 1.165) is 12.8 Å². The molecule has 5 heteroatoms. The molecule has 1 aliphatic heterocycles. The second kappa shape index (κ2) is 4.93. The van der Waals surface area contributed by atoms with Crippen LogP contribution in [-0.4, -0.2) is 13.2 Å². The van der Waals surface area contributed by atoms with Crippen LogP contribution in [0.4, 0.5) is 8.78 Å². The van der Waals surface area contributed by atoms with Crippen molar-refractivity contribution in [1.29, 1.82) is 0 Å². The summed E-state index contributed by atoms with van der Waals surface area (Å²) in [5.74, 6) is 0.537. The first-order valence-electron chi connectivity index (χ1n) is 5.41. The van der Waals surface area contributed by atoms with E-state index in [-0.39, 0.29) is 18.2 Å². The van der Waals surface area contributed by atoms with Crippen LogP contribution in [0.25, 0.3) is 0 Å². The van der Waals surface area contributed by atoms with Gasteiger partial charge in [0.05, 0.1) is 0 Å². The molecule has 16 heavy (non-hydrogen) atoms. The van der Waals surface area contributed by atoms with Gasteiger partial charge in [0.15, 0.2) is 5.76 Å². The maximum atomic E-state index is 12.6. The zero-order chi connectivity index (χ0) is 11.5. The highest BCUT2D eigenvalue weighted by molar-refractivity contribution is 5.24. The number of hydrogen-bond acceptors (Lipinski definition) is 3. The molecule has 1 aromatic heterocycles. The van der Waals surface area contributed by atoms with Crippen molar-refractivity contribution >= 4 is 0 Å². The average molecular weight is 231 g/mol. The molecule has 1 aliphatic rings. The summed E-state index contributed by atoms with van der Waals surface area (Å²) in [6.45, 7) is 1.41. The second-order valence-electron chi connectivity index (χ2n) is 3.93. The van der Waals surface area contributed by atoms with Gasteiger partial charge < -0.3 is 14.9 Å². The van der Waals surface area contributed by atoms with Crippen molar-refractivity contribution in [3.63, 3.8) is 0 Å². The number of hydrogen-bond donors (Lipinski definition) is 1. The van der Waals surface area contributed by atoms with Crippen LogP contribution in [-0.2, 0) is 11.3 Å². The lowest BCUT2D eigenvalue weighted by molar-refractivity contribution is 0.0769. The van der Waals surface area contributed by atoms with Gasteiger partial charge >= 0.3 is 0 Å². The number of furan rings is 1. The number of rotatable bonds is 3. The van der Waals surface area contributed by atoms with Gasteiger partial charge in [-0.05, 0) is 18.9 Å². The molecule has 1 fully saturated rings. The fraction of sp³-hybridized carbons (Fsp3) is 0.636. The zero-order valence-electron chi connectivity index (χ0n) is 8.92. The summed E-state index contributed by atoms with van der Waals surface area (Å²) >= 11 is 0. The third-order valence-corrected chi connectivity index (χ3v) is 2.90. The summed E-state index contributed by atoms with van der Waals surface area (Å²) in [6, 6.07) is 1.66. The molecule has 0 radical (unpaired) electrons. The van der Waals surface area contributed by atoms with Crippen LogP contribution in [0.5, 0.6) is 0 Å². The highest BCUT2D eigenvalue weighted by Gasteiger charge is 2.24. The Bertz CT molecular complexity index is 346. The van der Waals surface area contributed by atoms with Crippen molar-refractivity contribution in [2.24, 2.45) is 5.73 Å². The monoisotopic (exact) mass is 231 g/mol. The lowest BCUT2D eigenvalue weighted by Crippen LogP contribution is -2.13. The first kappa shape index (κ1) is 11.5. The Hall–Kier alpha value is -0.940. The van der Waals surface area contributed by atoms with Crippen molar-refractivity contribution in [1.82, 2.24) is 0 Å². The predicted molar refractivity (Wildman–Crippen MR) is 54.4 cm³/mol. The average Bonchev–Trinajstić information content (AvgIpc) is 2.74. The Morgan fingerprint density at radius 1 is 1.38 bits per heavy atom. The quantitative estimate of drug-likeness (QED) is 0.869. The first-order chi connectivity index (χ1) is 7.72. The van der Waals surface area contributed by atoms with Gasteiger partial charge in [-0.3, -0.25) is 0 Å². The summed E-state index contributed by atoms with van der Waals surface area (Å²) in [5.41, 5.74) is 5.83. The smallest absolute Gasteiger partial charge is 0.295 e. The molecular formula is C11H15F2NO2. The van der Waals surface area contributed by atoms with Crippen molar-refractivity contribution in [3.8, 4) is 0 Å². The molecule has 1 saturated heterocycles. The molecule has 2 heterocycles. The van der Waals surface area contributed by atoms with E-state index in [2.05, 4.69) is 0 Å². The Morgan fingerprint density at radius 3 is 2.56 bits per heavy atom. The minimum atomic E-state index is -2.59. The van der Waals surface area contributed by atoms with E-state index < -0.39 is 6.43 Å². The van der Waals surface area contributed by atoms with E-state index in [4.69, 9.17) is 14.9 Å². The van der Waals surface area contributed by atoms with E-state index in [1.807, 2.05) is 0 Å². The molecule has 0 saturated carbocycles. The minimum absolute atomic E-state index is 0.0897. The van der Waals surface area contributed by atoms with Crippen LogP contribution < -0.4 is 5.73 Å². The largest absolute Gasteiger partial charge is 0.459 e. The molecule has 0 atom stereocenters. The van der Waals surface area contributed by atoms with Crippen LogP contribution in [0.15, 0.2) is 10.5 Å². The number of alkyl halides is 2. The van der Waals surface area contributed by atoms with Crippen molar-refractivity contribution < 1.29 is 17.9 Å². The number of ether oxygens (including phenoxy) is 1. The van der Waals surface area contributed by atoms with Gasteiger partial charge in [-0.25, -0.2) is 8.78 Å². The van der Waals surface area contributed by atoms with Gasteiger partial charge in [0.1, 0.15) is 5.76 Å². The molecule has 2 N–H and O–H groups in total. The Morgan fingerprint density at radius 2 is 2.06 bits per heavy atom. The van der Waals surface area contributed by atoms with Gasteiger partial charge in [-0.1, -0.05) is 0 Å². The zero-order valence-corrected chi connectivity index (χ0v) is 8.92. The third-order valence-electron chi connectivity index (χ3n) is 2.90. The van der Waals surface area contributed by atoms with Crippen LogP contribution >= 0.6 is 0 Å². The molecule has 0 spiro atoms. The minimum Gasteiger partial charge on any atom is -0.459 e. The van der Waals surface area contributed by atoms with Crippen molar-refractivity contribution in [2.75, 3.05) is 13.2 Å². The highest BCUT2D eigenvalue weighted by atomic mass is 19.3. The van der Waals surface area contributed by atoms with E-state index in [1.54, 1.807) is 6.07 Å². The van der Waals surface area contributed by atoms with E-state index in [0.29, 0.717) is 24.5 Å². The summed E-state index contributed by atoms with van der Waals surface area (Å²) < 4.78 is 35.7. The SMILES string of the molecule is NCc1cc(C2CCOCC2)oc1C(F)F. The maximum absolute atomic E-state index is 12.6. The van der Waals surface area contributed by atoms with Crippen molar-refractivity contribution in [2.45, 2.75) is 31.7 Å². The fourth-order valence-electron chi connectivity index (χ4n) is 1.99. The van der Waals surface area contributed by atoms with Gasteiger partial charge in [-0.15, -0.1) is 0 Å². The van der Waals surface area contributed by atoms with Gasteiger partial charge in [0.2, 0.25) is 0 Å². The van der Waals surface area contributed by atoms with Crippen LogP contribution in [0, 0.1) is 0 Å². The van der Waals surface area contributed by atoms with E-state index in [1.165, 1.54) is 0 Å². The predicted octanol–water partition coefficient (Wildman–Crippen LogP) is 2.57. The molecule has 0 bridgehead atoms. The van der Waals surface area contributed by atoms with Gasteiger partial charge in [-0.2, -0.15) is 0 Å². The van der Waals surface area contributed by atoms with Crippen LogP contribution in [0.3, 0.4) is 0 Å². The summed E-state index contributed by atoms with van der Waals surface area (Å²) in [6.07, 6.45) is -0.951.